The van der Waals surface area contributed by atoms with Gasteiger partial charge in [-0.15, -0.1) is 0 Å². The van der Waals surface area contributed by atoms with E-state index in [0.717, 1.165) is 11.6 Å². The van der Waals surface area contributed by atoms with Crippen LogP contribution in [0.25, 0.3) is 11.1 Å². The number of hydrogen-bond acceptors (Lipinski definition) is 1. The van der Waals surface area contributed by atoms with Crippen LogP contribution in [0.5, 0.6) is 5.75 Å². The van der Waals surface area contributed by atoms with Gasteiger partial charge in [-0.3, -0.25) is 0 Å². The number of phenols is 1. The standard InChI is InChI=1S/C12H8ClFO/c13-10-6-9(12(15)7-11(10)14)8-4-2-1-3-5-8/h1-7,15H. The van der Waals surface area contributed by atoms with Crippen molar-refractivity contribution in [3.05, 3.63) is 53.3 Å². The highest BCUT2D eigenvalue weighted by molar-refractivity contribution is 6.31. The van der Waals surface area contributed by atoms with Crippen LogP contribution in [-0.2, 0) is 0 Å². The van der Waals surface area contributed by atoms with Crippen molar-refractivity contribution < 1.29 is 9.50 Å². The number of phenolic OH excluding ortho intramolecular Hbond substituents is 1. The number of benzene rings is 2. The third kappa shape index (κ3) is 1.95. The van der Waals surface area contributed by atoms with E-state index in [1.165, 1.54) is 6.07 Å². The Bertz CT molecular complexity index is 482. The molecule has 3 heteroatoms. The first-order chi connectivity index (χ1) is 7.18. The molecule has 0 aliphatic carbocycles. The highest BCUT2D eigenvalue weighted by Crippen LogP contribution is 2.33. The van der Waals surface area contributed by atoms with Crippen LogP contribution in [0.3, 0.4) is 0 Å². The summed E-state index contributed by atoms with van der Waals surface area (Å²) in [5.74, 6) is -0.725. The van der Waals surface area contributed by atoms with Gasteiger partial charge in [0, 0.05) is 11.6 Å². The molecule has 2 rings (SSSR count). The number of hydrogen-bond donors (Lipinski definition) is 1. The molecule has 0 radical (unpaired) electrons. The maximum Gasteiger partial charge on any atom is 0.145 e. The molecule has 0 aliphatic rings. The van der Waals surface area contributed by atoms with Crippen LogP contribution >= 0.6 is 11.6 Å². The topological polar surface area (TPSA) is 20.2 Å². The van der Waals surface area contributed by atoms with Crippen molar-refractivity contribution in [2.45, 2.75) is 0 Å². The summed E-state index contributed by atoms with van der Waals surface area (Å²) in [6, 6.07) is 11.6. The minimum Gasteiger partial charge on any atom is -0.507 e. The molecule has 1 nitrogen and oxygen atoms in total. The summed E-state index contributed by atoms with van der Waals surface area (Å²) in [4.78, 5) is 0. The molecule has 0 fully saturated rings. The van der Waals surface area contributed by atoms with Crippen LogP contribution in [0.2, 0.25) is 5.02 Å². The molecule has 0 unspecified atom stereocenters. The van der Waals surface area contributed by atoms with E-state index in [-0.39, 0.29) is 10.8 Å². The summed E-state index contributed by atoms with van der Waals surface area (Å²) >= 11 is 5.65. The molecule has 0 saturated carbocycles. The van der Waals surface area contributed by atoms with Crippen molar-refractivity contribution in [1.82, 2.24) is 0 Å². The zero-order valence-corrected chi connectivity index (χ0v) is 8.50. The summed E-state index contributed by atoms with van der Waals surface area (Å²) in [7, 11) is 0. The Morgan fingerprint density at radius 2 is 1.73 bits per heavy atom. The average molecular weight is 223 g/mol. The first-order valence-corrected chi connectivity index (χ1v) is 4.79. The smallest absolute Gasteiger partial charge is 0.145 e. The van der Waals surface area contributed by atoms with Crippen LogP contribution in [0.15, 0.2) is 42.5 Å². The van der Waals surface area contributed by atoms with Gasteiger partial charge in [-0.1, -0.05) is 41.9 Å². The summed E-state index contributed by atoms with van der Waals surface area (Å²) in [6.07, 6.45) is 0. The van der Waals surface area contributed by atoms with Crippen molar-refractivity contribution in [1.29, 1.82) is 0 Å². The third-order valence-corrected chi connectivity index (χ3v) is 2.41. The average Bonchev–Trinajstić information content (AvgIpc) is 2.25. The number of rotatable bonds is 1. The van der Waals surface area contributed by atoms with Crippen molar-refractivity contribution in [3.8, 4) is 16.9 Å². The molecule has 2 aromatic carbocycles. The molecule has 0 saturated heterocycles. The number of aromatic hydroxyl groups is 1. The van der Waals surface area contributed by atoms with Crippen molar-refractivity contribution in [2.75, 3.05) is 0 Å². The largest absolute Gasteiger partial charge is 0.507 e. The van der Waals surface area contributed by atoms with E-state index < -0.39 is 5.82 Å². The minimum atomic E-state index is -0.617. The molecule has 0 spiro atoms. The van der Waals surface area contributed by atoms with E-state index in [9.17, 15) is 9.50 Å². The Kier molecular flexibility index (Phi) is 2.60. The van der Waals surface area contributed by atoms with E-state index in [2.05, 4.69) is 0 Å². The molecule has 0 bridgehead atoms. The van der Waals surface area contributed by atoms with E-state index in [4.69, 9.17) is 11.6 Å². The Labute approximate surface area is 91.8 Å². The van der Waals surface area contributed by atoms with E-state index in [1.807, 2.05) is 30.3 Å². The van der Waals surface area contributed by atoms with Crippen LogP contribution < -0.4 is 0 Å². The molecule has 0 heterocycles. The van der Waals surface area contributed by atoms with Gasteiger partial charge in [0.1, 0.15) is 11.6 Å². The van der Waals surface area contributed by atoms with E-state index >= 15 is 0 Å². The molecule has 0 aliphatic heterocycles. The maximum absolute atomic E-state index is 13.0. The second-order valence-electron chi connectivity index (χ2n) is 3.15. The van der Waals surface area contributed by atoms with Crippen LogP contribution in [0, 0.1) is 5.82 Å². The van der Waals surface area contributed by atoms with Crippen LogP contribution in [-0.4, -0.2) is 5.11 Å². The van der Waals surface area contributed by atoms with Crippen molar-refractivity contribution in [3.63, 3.8) is 0 Å². The molecule has 0 aromatic heterocycles. The first-order valence-electron chi connectivity index (χ1n) is 4.42. The van der Waals surface area contributed by atoms with Crippen LogP contribution in [0.4, 0.5) is 4.39 Å². The molecule has 2 aromatic rings. The molecule has 15 heavy (non-hydrogen) atoms. The summed E-state index contributed by atoms with van der Waals surface area (Å²) in [5.41, 5.74) is 1.33. The fraction of sp³-hybridized carbons (Fsp3) is 0. The summed E-state index contributed by atoms with van der Waals surface area (Å²) in [5, 5.41) is 9.58. The Morgan fingerprint density at radius 3 is 2.40 bits per heavy atom. The van der Waals surface area contributed by atoms with Gasteiger partial charge < -0.3 is 5.11 Å². The monoisotopic (exact) mass is 222 g/mol. The number of halogens is 2. The lowest BCUT2D eigenvalue weighted by Gasteiger charge is -2.05. The Balaban J connectivity index is 2.59. The fourth-order valence-corrected chi connectivity index (χ4v) is 1.55. The highest BCUT2D eigenvalue weighted by Gasteiger charge is 2.08. The third-order valence-electron chi connectivity index (χ3n) is 2.12. The summed E-state index contributed by atoms with van der Waals surface area (Å²) in [6.45, 7) is 0. The quantitative estimate of drug-likeness (QED) is 0.777. The second kappa shape index (κ2) is 3.91. The molecular formula is C12H8ClFO. The maximum atomic E-state index is 13.0. The molecular weight excluding hydrogens is 215 g/mol. The molecule has 0 atom stereocenters. The minimum absolute atomic E-state index is 0.00616. The van der Waals surface area contributed by atoms with Gasteiger partial charge in [0.2, 0.25) is 0 Å². The zero-order chi connectivity index (χ0) is 10.8. The van der Waals surface area contributed by atoms with E-state index in [1.54, 1.807) is 0 Å². The van der Waals surface area contributed by atoms with Crippen LogP contribution in [0.1, 0.15) is 0 Å². The SMILES string of the molecule is Oc1cc(F)c(Cl)cc1-c1ccccc1. The zero-order valence-electron chi connectivity index (χ0n) is 7.74. The first kappa shape index (κ1) is 9.99. The van der Waals surface area contributed by atoms with Gasteiger partial charge in [0.25, 0.3) is 0 Å². The van der Waals surface area contributed by atoms with Gasteiger partial charge >= 0.3 is 0 Å². The van der Waals surface area contributed by atoms with Gasteiger partial charge in [0.15, 0.2) is 0 Å². The predicted molar refractivity (Wildman–Crippen MR) is 58.5 cm³/mol. The highest BCUT2D eigenvalue weighted by atomic mass is 35.5. The van der Waals surface area contributed by atoms with Crippen molar-refractivity contribution >= 4 is 11.6 Å². The second-order valence-corrected chi connectivity index (χ2v) is 3.56. The lowest BCUT2D eigenvalue weighted by Crippen LogP contribution is -1.82. The molecule has 1 N–H and O–H groups in total. The van der Waals surface area contributed by atoms with E-state index in [0.29, 0.717) is 5.56 Å². The van der Waals surface area contributed by atoms with Crippen molar-refractivity contribution in [2.24, 2.45) is 0 Å². The molecule has 76 valence electrons. The molecule has 0 amide bonds. The normalized spacial score (nSPS) is 10.3. The Morgan fingerprint density at radius 1 is 1.07 bits per heavy atom. The summed E-state index contributed by atoms with van der Waals surface area (Å²) < 4.78 is 13.0. The lowest BCUT2D eigenvalue weighted by atomic mass is 10.0. The Hall–Kier alpha value is -1.54. The van der Waals surface area contributed by atoms with Gasteiger partial charge in [-0.25, -0.2) is 4.39 Å². The van der Waals surface area contributed by atoms with Gasteiger partial charge in [-0.2, -0.15) is 0 Å². The fourth-order valence-electron chi connectivity index (χ4n) is 1.39. The predicted octanol–water partition coefficient (Wildman–Crippen LogP) is 3.85. The lowest BCUT2D eigenvalue weighted by molar-refractivity contribution is 0.471. The van der Waals surface area contributed by atoms with Gasteiger partial charge in [-0.05, 0) is 11.6 Å². The van der Waals surface area contributed by atoms with Gasteiger partial charge in [0.05, 0.1) is 5.02 Å².